The van der Waals surface area contributed by atoms with Gasteiger partial charge in [0.05, 0.1) is 37.5 Å². The lowest BCUT2D eigenvalue weighted by molar-refractivity contribution is 0.433. The van der Waals surface area contributed by atoms with E-state index in [-0.39, 0.29) is 11.1 Å². The number of rotatable bonds is 4. The Morgan fingerprint density at radius 1 is 1.29 bits per heavy atom. The van der Waals surface area contributed by atoms with Crippen molar-refractivity contribution in [3.8, 4) is 28.9 Å². The second-order valence-corrected chi connectivity index (χ2v) is 9.30. The Balaban J connectivity index is 1.76. The summed E-state index contributed by atoms with van der Waals surface area (Å²) < 4.78 is 22.3. The monoisotopic (exact) mass is 393 g/mol. The maximum absolute atomic E-state index is 12.7. The number of pyridine rings is 1. The van der Waals surface area contributed by atoms with E-state index in [1.807, 2.05) is 0 Å². The lowest BCUT2D eigenvalue weighted by Crippen LogP contribution is -2.09. The molecule has 0 aliphatic heterocycles. The third-order valence-electron chi connectivity index (χ3n) is 4.92. The van der Waals surface area contributed by atoms with Crippen LogP contribution in [0.3, 0.4) is 0 Å². The largest absolute Gasteiger partial charge is 0.493 e. The van der Waals surface area contributed by atoms with Crippen LogP contribution in [0, 0.1) is 30.0 Å². The lowest BCUT2D eigenvalue weighted by atomic mass is 10.0. The summed E-state index contributed by atoms with van der Waals surface area (Å²) in [5, 5.41) is 24.0. The molecule has 4 rings (SSSR count). The molecule has 0 radical (unpaired) electrons. The van der Waals surface area contributed by atoms with Crippen LogP contribution in [0.5, 0.6) is 5.88 Å². The number of aromatic hydroxyl groups is 1. The molecule has 0 bridgehead atoms. The average molecular weight is 393 g/mol. The number of nitrogens with one attached hydrogen (secondary N) is 1. The fourth-order valence-corrected chi connectivity index (χ4v) is 5.17. The molecule has 1 saturated carbocycles. The zero-order chi connectivity index (χ0) is 20.1. The first-order valence-corrected chi connectivity index (χ1v) is 10.5. The first-order chi connectivity index (χ1) is 13.3. The second-order valence-electron chi connectivity index (χ2n) is 6.99. The standard InChI is InChI=1S/C20H19N5O2S/c1-12-9-18(23-11-17(12)28(22,27)16-7-8-16)25-20(26)19(13(2)24-25)15-5-3-14(10-21)4-6-15/h3-6,9,11,16,22,26H,7-8H2,1-2H3/t28-/m1/s1. The number of hydrogen-bond donors (Lipinski definition) is 2. The predicted molar refractivity (Wildman–Crippen MR) is 105 cm³/mol. The molecule has 1 atom stereocenters. The van der Waals surface area contributed by atoms with Gasteiger partial charge in [-0.25, -0.2) is 14.0 Å². The van der Waals surface area contributed by atoms with Crippen molar-refractivity contribution in [1.82, 2.24) is 14.8 Å². The van der Waals surface area contributed by atoms with Gasteiger partial charge in [0.1, 0.15) is 0 Å². The van der Waals surface area contributed by atoms with Gasteiger partial charge in [0.2, 0.25) is 5.88 Å². The van der Waals surface area contributed by atoms with Crippen molar-refractivity contribution in [2.45, 2.75) is 36.8 Å². The Hall–Kier alpha value is -3.18. The molecular formula is C20H19N5O2S. The Labute approximate surface area is 163 Å². The molecule has 1 aromatic carbocycles. The highest BCUT2D eigenvalue weighted by atomic mass is 32.2. The van der Waals surface area contributed by atoms with Crippen molar-refractivity contribution in [1.29, 1.82) is 10.0 Å². The minimum atomic E-state index is -2.84. The van der Waals surface area contributed by atoms with E-state index in [9.17, 15) is 9.32 Å². The van der Waals surface area contributed by atoms with E-state index in [2.05, 4.69) is 16.2 Å². The first kappa shape index (κ1) is 18.2. The molecule has 28 heavy (non-hydrogen) atoms. The van der Waals surface area contributed by atoms with Crippen LogP contribution in [0.15, 0.2) is 41.4 Å². The minimum absolute atomic E-state index is 0.0596. The summed E-state index contributed by atoms with van der Waals surface area (Å²) in [5.41, 5.74) is 3.17. The number of benzene rings is 1. The maximum atomic E-state index is 12.7. The van der Waals surface area contributed by atoms with Crippen LogP contribution in [0.2, 0.25) is 0 Å². The predicted octanol–water partition coefficient (Wildman–Crippen LogP) is 3.70. The van der Waals surface area contributed by atoms with Crippen LogP contribution in [0.1, 0.15) is 29.7 Å². The second kappa shape index (κ2) is 6.46. The van der Waals surface area contributed by atoms with Crippen LogP contribution in [0.25, 0.3) is 16.9 Å². The van der Waals surface area contributed by atoms with E-state index in [1.54, 1.807) is 44.2 Å². The summed E-state index contributed by atoms with van der Waals surface area (Å²) in [7, 11) is -2.84. The molecule has 2 heterocycles. The van der Waals surface area contributed by atoms with Gasteiger partial charge in [0.15, 0.2) is 5.82 Å². The van der Waals surface area contributed by atoms with Gasteiger partial charge in [0.25, 0.3) is 0 Å². The molecule has 1 aliphatic rings. The molecule has 2 N–H and O–H groups in total. The number of aromatic nitrogens is 3. The van der Waals surface area contributed by atoms with E-state index in [0.29, 0.717) is 33.1 Å². The van der Waals surface area contributed by atoms with Gasteiger partial charge in [-0.15, -0.1) is 0 Å². The number of hydrogen-bond acceptors (Lipinski definition) is 6. The van der Waals surface area contributed by atoms with E-state index in [4.69, 9.17) is 10.0 Å². The first-order valence-electron chi connectivity index (χ1n) is 8.86. The highest BCUT2D eigenvalue weighted by molar-refractivity contribution is 7.93. The minimum Gasteiger partial charge on any atom is -0.493 e. The van der Waals surface area contributed by atoms with Crippen LogP contribution < -0.4 is 0 Å². The summed E-state index contributed by atoms with van der Waals surface area (Å²) in [6.45, 7) is 3.58. The number of nitrogens with zero attached hydrogens (tertiary/aromatic N) is 4. The lowest BCUT2D eigenvalue weighted by Gasteiger charge is -2.11. The Kier molecular flexibility index (Phi) is 4.20. The van der Waals surface area contributed by atoms with E-state index in [0.717, 1.165) is 18.4 Å². The van der Waals surface area contributed by atoms with Gasteiger partial charge in [-0.2, -0.15) is 15.0 Å². The summed E-state index contributed by atoms with van der Waals surface area (Å²) >= 11 is 0. The smallest absolute Gasteiger partial charge is 0.223 e. The highest BCUT2D eigenvalue weighted by Gasteiger charge is 2.35. The van der Waals surface area contributed by atoms with Crippen LogP contribution in [-0.2, 0) is 9.73 Å². The Morgan fingerprint density at radius 2 is 1.96 bits per heavy atom. The fourth-order valence-electron chi connectivity index (χ4n) is 3.27. The van der Waals surface area contributed by atoms with Gasteiger partial charge < -0.3 is 5.11 Å². The van der Waals surface area contributed by atoms with Gasteiger partial charge in [-0.1, -0.05) is 12.1 Å². The third-order valence-corrected chi connectivity index (χ3v) is 7.42. The topological polar surface area (TPSA) is 116 Å². The fraction of sp³-hybridized carbons (Fsp3) is 0.250. The van der Waals surface area contributed by atoms with E-state index >= 15 is 0 Å². The molecule has 8 heteroatoms. The molecule has 0 unspecified atom stereocenters. The van der Waals surface area contributed by atoms with Gasteiger partial charge >= 0.3 is 0 Å². The Morgan fingerprint density at radius 3 is 2.54 bits per heavy atom. The molecule has 0 amide bonds. The normalized spacial score (nSPS) is 15.8. The maximum Gasteiger partial charge on any atom is 0.223 e. The van der Waals surface area contributed by atoms with Gasteiger partial charge in [-0.05, 0) is 56.0 Å². The third kappa shape index (κ3) is 2.94. The summed E-state index contributed by atoms with van der Waals surface area (Å²) in [6.07, 6.45) is 3.10. The quantitative estimate of drug-likeness (QED) is 0.701. The zero-order valence-corrected chi connectivity index (χ0v) is 16.3. The van der Waals surface area contributed by atoms with E-state index in [1.165, 1.54) is 10.9 Å². The zero-order valence-electron chi connectivity index (χ0n) is 15.5. The Bertz CT molecular complexity index is 1220. The average Bonchev–Trinajstić information content (AvgIpc) is 3.48. The van der Waals surface area contributed by atoms with Crippen molar-refractivity contribution in [2.75, 3.05) is 0 Å². The molecule has 142 valence electrons. The molecule has 3 aromatic rings. The SMILES string of the molecule is Cc1cc(-n2nc(C)c(-c3ccc(C#N)cc3)c2O)ncc1[S@](=N)(=O)C1CC1. The van der Waals surface area contributed by atoms with Crippen molar-refractivity contribution in [3.05, 3.63) is 53.3 Å². The van der Waals surface area contributed by atoms with Crippen molar-refractivity contribution >= 4 is 9.73 Å². The van der Waals surface area contributed by atoms with Crippen LogP contribution >= 0.6 is 0 Å². The number of nitriles is 1. The van der Waals surface area contributed by atoms with Crippen LogP contribution in [-0.4, -0.2) is 29.3 Å². The van der Waals surface area contributed by atoms with Crippen molar-refractivity contribution < 1.29 is 9.32 Å². The molecule has 0 saturated heterocycles. The summed E-state index contributed by atoms with van der Waals surface area (Å²) in [5.74, 6) is 0.336. The van der Waals surface area contributed by atoms with Crippen molar-refractivity contribution in [2.24, 2.45) is 0 Å². The van der Waals surface area contributed by atoms with Gasteiger partial charge in [0, 0.05) is 11.4 Å². The summed E-state index contributed by atoms with van der Waals surface area (Å²) in [6, 6.07) is 10.7. The summed E-state index contributed by atoms with van der Waals surface area (Å²) in [4.78, 5) is 4.77. The van der Waals surface area contributed by atoms with Crippen molar-refractivity contribution in [3.63, 3.8) is 0 Å². The molecule has 2 aromatic heterocycles. The molecule has 0 spiro atoms. The van der Waals surface area contributed by atoms with Crippen LogP contribution in [0.4, 0.5) is 0 Å². The van der Waals surface area contributed by atoms with E-state index < -0.39 is 9.73 Å². The number of aryl methyl sites for hydroxylation is 2. The van der Waals surface area contributed by atoms with Gasteiger partial charge in [-0.3, -0.25) is 0 Å². The molecular weight excluding hydrogens is 374 g/mol. The molecule has 7 nitrogen and oxygen atoms in total. The molecule has 1 aliphatic carbocycles. The highest BCUT2D eigenvalue weighted by Crippen LogP contribution is 2.37. The molecule has 1 fully saturated rings.